The van der Waals surface area contributed by atoms with Gasteiger partial charge in [0.05, 0.1) is 12.4 Å². The fourth-order valence-corrected chi connectivity index (χ4v) is 3.83. The Bertz CT molecular complexity index is 377. The van der Waals surface area contributed by atoms with Crippen molar-refractivity contribution in [1.29, 1.82) is 0 Å². The first-order valence-corrected chi connectivity index (χ1v) is 8.90. The highest BCUT2D eigenvalue weighted by molar-refractivity contribution is 7.89. The quantitative estimate of drug-likeness (QED) is 0.590. The van der Waals surface area contributed by atoms with Gasteiger partial charge < -0.3 is 4.74 Å². The SMILES string of the molecule is CCCC(CCC)(COCCCC(F)(F)F)CS(N)(=O)=O. The zero-order chi connectivity index (χ0) is 16.6. The minimum absolute atomic E-state index is 0.0285. The maximum atomic E-state index is 12.0. The highest BCUT2D eigenvalue weighted by Gasteiger charge is 2.33. The van der Waals surface area contributed by atoms with Crippen molar-refractivity contribution in [1.82, 2.24) is 0 Å². The Kier molecular flexibility index (Phi) is 8.80. The maximum absolute atomic E-state index is 12.0. The fraction of sp³-hybridized carbons (Fsp3) is 1.00. The summed E-state index contributed by atoms with van der Waals surface area (Å²) in [6.07, 6.45) is -2.42. The van der Waals surface area contributed by atoms with Gasteiger partial charge in [-0.2, -0.15) is 13.2 Å². The standard InChI is InChI=1S/C13H26F3NO3S/c1-3-6-12(7-4-2,11-21(17,18)19)10-20-9-5-8-13(14,15)16/h3-11H2,1-2H3,(H2,17,18,19). The lowest BCUT2D eigenvalue weighted by Gasteiger charge is -2.32. The third-order valence-electron chi connectivity index (χ3n) is 3.23. The van der Waals surface area contributed by atoms with Gasteiger partial charge in [-0.05, 0) is 19.3 Å². The number of rotatable bonds is 11. The van der Waals surface area contributed by atoms with Crippen LogP contribution in [0.4, 0.5) is 13.2 Å². The van der Waals surface area contributed by atoms with E-state index in [4.69, 9.17) is 9.88 Å². The van der Waals surface area contributed by atoms with E-state index < -0.39 is 28.0 Å². The minimum Gasteiger partial charge on any atom is -0.381 e. The van der Waals surface area contributed by atoms with Gasteiger partial charge in [0.25, 0.3) is 0 Å². The molecule has 0 aliphatic carbocycles. The molecule has 0 fully saturated rings. The first-order chi connectivity index (χ1) is 9.54. The summed E-state index contributed by atoms with van der Waals surface area (Å²) < 4.78 is 64.2. The van der Waals surface area contributed by atoms with Crippen molar-refractivity contribution in [2.45, 2.75) is 58.5 Å². The van der Waals surface area contributed by atoms with Crippen molar-refractivity contribution in [2.75, 3.05) is 19.0 Å². The summed E-state index contributed by atoms with van der Waals surface area (Å²) in [6, 6.07) is 0. The van der Waals surface area contributed by atoms with Gasteiger partial charge in [0.15, 0.2) is 0 Å². The third kappa shape index (κ3) is 11.0. The molecule has 21 heavy (non-hydrogen) atoms. The average molecular weight is 333 g/mol. The molecule has 0 aliphatic rings. The highest BCUT2D eigenvalue weighted by Crippen LogP contribution is 2.32. The molecule has 0 saturated heterocycles. The lowest BCUT2D eigenvalue weighted by Crippen LogP contribution is -2.37. The van der Waals surface area contributed by atoms with Crippen LogP contribution in [0, 0.1) is 5.41 Å². The molecule has 0 rings (SSSR count). The first kappa shape index (κ1) is 20.7. The number of ether oxygens (including phenoxy) is 1. The summed E-state index contributed by atoms with van der Waals surface area (Å²) in [5.74, 6) is -0.194. The van der Waals surface area contributed by atoms with Gasteiger partial charge in [0, 0.05) is 18.4 Å². The number of hydrogen-bond acceptors (Lipinski definition) is 3. The molecule has 0 saturated carbocycles. The second-order valence-corrected chi connectivity index (χ2v) is 7.19. The zero-order valence-electron chi connectivity index (χ0n) is 12.7. The molecule has 0 atom stereocenters. The van der Waals surface area contributed by atoms with Gasteiger partial charge in [-0.25, -0.2) is 13.6 Å². The number of nitrogens with two attached hydrogens (primary N) is 1. The molecule has 0 unspecified atom stereocenters. The Balaban J connectivity index is 4.52. The van der Waals surface area contributed by atoms with E-state index in [1.165, 1.54) is 0 Å². The molecule has 0 bridgehead atoms. The monoisotopic (exact) mass is 333 g/mol. The van der Waals surface area contributed by atoms with Gasteiger partial charge in [0.1, 0.15) is 0 Å². The largest absolute Gasteiger partial charge is 0.389 e. The molecule has 0 aromatic carbocycles. The second-order valence-electron chi connectivity index (χ2n) is 5.58. The third-order valence-corrected chi connectivity index (χ3v) is 4.24. The van der Waals surface area contributed by atoms with Crippen molar-refractivity contribution >= 4 is 10.0 Å². The van der Waals surface area contributed by atoms with Crippen molar-refractivity contribution in [2.24, 2.45) is 10.6 Å². The number of halogens is 3. The number of alkyl halides is 3. The summed E-state index contributed by atoms with van der Waals surface area (Å²) in [5.41, 5.74) is -0.602. The molecule has 0 aromatic heterocycles. The Morgan fingerprint density at radius 3 is 1.95 bits per heavy atom. The van der Waals surface area contributed by atoms with Crippen LogP contribution in [0.25, 0.3) is 0 Å². The summed E-state index contributed by atoms with van der Waals surface area (Å²) >= 11 is 0. The second kappa shape index (κ2) is 8.95. The van der Waals surface area contributed by atoms with E-state index in [2.05, 4.69) is 0 Å². The van der Waals surface area contributed by atoms with Gasteiger partial charge in [-0.3, -0.25) is 0 Å². The van der Waals surface area contributed by atoms with E-state index >= 15 is 0 Å². The van der Waals surface area contributed by atoms with Crippen molar-refractivity contribution in [3.63, 3.8) is 0 Å². The van der Waals surface area contributed by atoms with Crippen LogP contribution in [0.3, 0.4) is 0 Å². The molecule has 0 heterocycles. The van der Waals surface area contributed by atoms with Gasteiger partial charge in [-0.15, -0.1) is 0 Å². The molecule has 4 nitrogen and oxygen atoms in total. The molecule has 0 spiro atoms. The van der Waals surface area contributed by atoms with Crippen LogP contribution in [0.15, 0.2) is 0 Å². The molecule has 2 N–H and O–H groups in total. The number of hydrogen-bond donors (Lipinski definition) is 1. The number of primary sulfonamides is 1. The van der Waals surface area contributed by atoms with Crippen molar-refractivity contribution < 1.29 is 26.3 Å². The molecule has 0 aliphatic heterocycles. The normalized spacial score (nSPS) is 13.6. The van der Waals surface area contributed by atoms with Gasteiger partial charge in [-0.1, -0.05) is 26.7 Å². The fourth-order valence-electron chi connectivity index (χ4n) is 2.61. The van der Waals surface area contributed by atoms with Crippen LogP contribution < -0.4 is 5.14 Å². The summed E-state index contributed by atoms with van der Waals surface area (Å²) in [5, 5.41) is 5.14. The minimum atomic E-state index is -4.19. The lowest BCUT2D eigenvalue weighted by molar-refractivity contribution is -0.138. The molecule has 0 amide bonds. The van der Waals surface area contributed by atoms with E-state index in [1.54, 1.807) is 0 Å². The zero-order valence-corrected chi connectivity index (χ0v) is 13.5. The van der Waals surface area contributed by atoms with E-state index in [0.29, 0.717) is 12.8 Å². The lowest BCUT2D eigenvalue weighted by atomic mass is 9.82. The Hall–Kier alpha value is -0.340. The van der Waals surface area contributed by atoms with Crippen LogP contribution in [0.2, 0.25) is 0 Å². The van der Waals surface area contributed by atoms with Crippen LogP contribution in [0.1, 0.15) is 52.4 Å². The molecular formula is C13H26F3NO3S. The Morgan fingerprint density at radius 1 is 1.05 bits per heavy atom. The highest BCUT2D eigenvalue weighted by atomic mass is 32.2. The first-order valence-electron chi connectivity index (χ1n) is 7.18. The smallest absolute Gasteiger partial charge is 0.381 e. The van der Waals surface area contributed by atoms with Crippen molar-refractivity contribution in [3.8, 4) is 0 Å². The molecule has 0 radical (unpaired) electrons. The Morgan fingerprint density at radius 2 is 1.57 bits per heavy atom. The topological polar surface area (TPSA) is 69.4 Å². The van der Waals surface area contributed by atoms with Crippen LogP contribution >= 0.6 is 0 Å². The summed E-state index contributed by atoms with van der Waals surface area (Å²) in [7, 11) is -3.65. The maximum Gasteiger partial charge on any atom is 0.389 e. The predicted octanol–water partition coefficient (Wildman–Crippen LogP) is 3.22. The van der Waals surface area contributed by atoms with E-state index in [0.717, 1.165) is 12.8 Å². The van der Waals surface area contributed by atoms with E-state index in [-0.39, 0.29) is 25.4 Å². The molecule has 8 heteroatoms. The van der Waals surface area contributed by atoms with Gasteiger partial charge >= 0.3 is 6.18 Å². The van der Waals surface area contributed by atoms with E-state index in [9.17, 15) is 21.6 Å². The van der Waals surface area contributed by atoms with Crippen LogP contribution in [-0.2, 0) is 14.8 Å². The van der Waals surface area contributed by atoms with Crippen LogP contribution in [0.5, 0.6) is 0 Å². The Labute approximate surface area is 125 Å². The molecule has 128 valence electrons. The number of sulfonamides is 1. The van der Waals surface area contributed by atoms with Crippen molar-refractivity contribution in [3.05, 3.63) is 0 Å². The summed E-state index contributed by atoms with van der Waals surface area (Å²) in [6.45, 7) is 3.96. The van der Waals surface area contributed by atoms with Crippen LogP contribution in [-0.4, -0.2) is 33.6 Å². The van der Waals surface area contributed by atoms with E-state index in [1.807, 2.05) is 13.8 Å². The predicted molar refractivity (Wildman–Crippen MR) is 76.3 cm³/mol. The average Bonchev–Trinajstić information content (AvgIpc) is 2.25. The summed E-state index contributed by atoms with van der Waals surface area (Å²) in [4.78, 5) is 0. The molecular weight excluding hydrogens is 307 g/mol. The van der Waals surface area contributed by atoms with Gasteiger partial charge in [0.2, 0.25) is 10.0 Å². The molecule has 0 aromatic rings.